The van der Waals surface area contributed by atoms with Crippen molar-refractivity contribution in [1.82, 2.24) is 9.80 Å². The highest BCUT2D eigenvalue weighted by Crippen LogP contribution is 2.33. The molecule has 0 radical (unpaired) electrons. The fourth-order valence-electron chi connectivity index (χ4n) is 4.81. The van der Waals surface area contributed by atoms with Gasteiger partial charge in [0.1, 0.15) is 22.7 Å². The van der Waals surface area contributed by atoms with Gasteiger partial charge >= 0.3 is 0 Å². The van der Waals surface area contributed by atoms with Gasteiger partial charge in [-0.25, -0.2) is 0 Å². The molecule has 0 spiro atoms. The number of fused-ring (bicyclic) bond motifs is 3. The Balaban J connectivity index is 1.54. The Kier molecular flexibility index (Phi) is 11.7. The van der Waals surface area contributed by atoms with Crippen LogP contribution in [0.25, 0.3) is 21.9 Å². The van der Waals surface area contributed by atoms with E-state index in [9.17, 15) is 0 Å². The minimum atomic E-state index is 0.724. The fraction of sp³-hybridized carbons (Fsp3) is 0.600. The molecule has 0 aliphatic heterocycles. The third-order valence-electron chi connectivity index (χ3n) is 6.35. The molecule has 2 aromatic carbocycles. The zero-order valence-corrected chi connectivity index (χ0v) is 22.5. The normalized spacial score (nSPS) is 11.8. The third kappa shape index (κ3) is 8.43. The predicted molar refractivity (Wildman–Crippen MR) is 148 cm³/mol. The van der Waals surface area contributed by atoms with Crippen LogP contribution in [0, 0.1) is 0 Å². The van der Waals surface area contributed by atoms with E-state index < -0.39 is 0 Å². The smallest absolute Gasteiger partial charge is 0.139 e. The van der Waals surface area contributed by atoms with E-state index in [4.69, 9.17) is 13.9 Å². The molecule has 3 rings (SSSR count). The summed E-state index contributed by atoms with van der Waals surface area (Å²) in [5.74, 6) is 1.77. The van der Waals surface area contributed by atoms with Crippen LogP contribution in [0.2, 0.25) is 0 Å². The number of rotatable bonds is 18. The topological polar surface area (TPSA) is 38.1 Å². The van der Waals surface area contributed by atoms with E-state index in [0.29, 0.717) is 0 Å². The van der Waals surface area contributed by atoms with E-state index in [1.54, 1.807) is 0 Å². The van der Waals surface area contributed by atoms with Crippen molar-refractivity contribution in [2.75, 3.05) is 52.5 Å². The lowest BCUT2D eigenvalue weighted by Gasteiger charge is -2.20. The minimum absolute atomic E-state index is 0.724. The monoisotopic (exact) mass is 482 g/mol. The molecule has 0 bridgehead atoms. The van der Waals surface area contributed by atoms with Gasteiger partial charge in [0.05, 0.1) is 13.2 Å². The SMILES string of the molecule is CCCN(CCC)CCCOc1ccc2c(c1)oc1ccc(OCCCN(CCC)CCC)cc12. The molecule has 0 aliphatic rings. The average Bonchev–Trinajstić information content (AvgIpc) is 3.22. The lowest BCUT2D eigenvalue weighted by Crippen LogP contribution is -2.27. The van der Waals surface area contributed by atoms with Gasteiger partial charge < -0.3 is 23.7 Å². The van der Waals surface area contributed by atoms with Crippen LogP contribution in [0.3, 0.4) is 0 Å². The molecule has 5 nitrogen and oxygen atoms in total. The summed E-state index contributed by atoms with van der Waals surface area (Å²) in [6, 6.07) is 12.3. The maximum Gasteiger partial charge on any atom is 0.139 e. The second-order valence-electron chi connectivity index (χ2n) is 9.51. The molecule has 0 amide bonds. The molecule has 0 atom stereocenters. The first-order chi connectivity index (χ1) is 17.2. The minimum Gasteiger partial charge on any atom is -0.494 e. The van der Waals surface area contributed by atoms with Crippen molar-refractivity contribution in [1.29, 1.82) is 0 Å². The van der Waals surface area contributed by atoms with Crippen LogP contribution >= 0.6 is 0 Å². The highest BCUT2D eigenvalue weighted by molar-refractivity contribution is 6.05. The third-order valence-corrected chi connectivity index (χ3v) is 6.35. The van der Waals surface area contributed by atoms with Crippen LogP contribution in [0.1, 0.15) is 66.2 Å². The summed E-state index contributed by atoms with van der Waals surface area (Å²) < 4.78 is 18.2. The van der Waals surface area contributed by atoms with Crippen molar-refractivity contribution in [3.8, 4) is 11.5 Å². The summed E-state index contributed by atoms with van der Waals surface area (Å²) >= 11 is 0. The molecule has 0 aliphatic carbocycles. The Bertz CT molecular complexity index is 988. The molecule has 0 saturated heterocycles. The molecule has 0 unspecified atom stereocenters. The largest absolute Gasteiger partial charge is 0.494 e. The Morgan fingerprint density at radius 3 is 1.63 bits per heavy atom. The lowest BCUT2D eigenvalue weighted by atomic mass is 10.1. The number of furan rings is 1. The van der Waals surface area contributed by atoms with Crippen molar-refractivity contribution in [2.45, 2.75) is 66.2 Å². The van der Waals surface area contributed by atoms with Crippen LogP contribution in [0.4, 0.5) is 0 Å². The highest BCUT2D eigenvalue weighted by Gasteiger charge is 2.10. The predicted octanol–water partition coefficient (Wildman–Crippen LogP) is 7.37. The summed E-state index contributed by atoms with van der Waals surface area (Å²) in [5, 5.41) is 2.20. The second kappa shape index (κ2) is 15.0. The van der Waals surface area contributed by atoms with Gasteiger partial charge in [-0.2, -0.15) is 0 Å². The average molecular weight is 483 g/mol. The molecular weight excluding hydrogens is 436 g/mol. The van der Waals surface area contributed by atoms with Gasteiger partial charge in [0.15, 0.2) is 0 Å². The van der Waals surface area contributed by atoms with Crippen LogP contribution in [0.15, 0.2) is 40.8 Å². The number of nitrogens with zero attached hydrogens (tertiary/aromatic N) is 2. The van der Waals surface area contributed by atoms with Crippen LogP contribution in [-0.4, -0.2) is 62.3 Å². The maximum atomic E-state index is 6.12. The molecule has 0 fully saturated rings. The van der Waals surface area contributed by atoms with E-state index in [2.05, 4.69) is 55.7 Å². The summed E-state index contributed by atoms with van der Waals surface area (Å²) in [6.07, 6.45) is 6.88. The van der Waals surface area contributed by atoms with E-state index >= 15 is 0 Å². The number of hydrogen-bond donors (Lipinski definition) is 0. The molecule has 1 aromatic heterocycles. The van der Waals surface area contributed by atoms with E-state index in [1.165, 1.54) is 51.9 Å². The molecule has 3 aromatic rings. The first-order valence-electron chi connectivity index (χ1n) is 13.8. The van der Waals surface area contributed by atoms with Gasteiger partial charge in [-0.15, -0.1) is 0 Å². The number of ether oxygens (including phenoxy) is 2. The zero-order chi connectivity index (χ0) is 24.9. The standard InChI is InChI=1S/C30H46N2O3/c1-5-15-31(16-6-2)19-9-21-33-25-12-14-29-28(23-25)27-13-11-26(24-30(27)35-29)34-22-10-20-32(17-7-3)18-8-4/h11-14,23-24H,5-10,15-22H2,1-4H3. The molecule has 194 valence electrons. The second-order valence-corrected chi connectivity index (χ2v) is 9.51. The van der Waals surface area contributed by atoms with Crippen molar-refractivity contribution >= 4 is 21.9 Å². The van der Waals surface area contributed by atoms with Gasteiger partial charge in [-0.05, 0) is 95.0 Å². The first kappa shape index (κ1) is 27.3. The quantitative estimate of drug-likeness (QED) is 0.177. The van der Waals surface area contributed by atoms with E-state index in [0.717, 1.165) is 72.6 Å². The molecule has 5 heteroatoms. The Morgan fingerprint density at radius 2 is 1.09 bits per heavy atom. The number of hydrogen-bond acceptors (Lipinski definition) is 5. The van der Waals surface area contributed by atoms with Crippen LogP contribution in [-0.2, 0) is 0 Å². The molecule has 1 heterocycles. The molecule has 0 saturated carbocycles. The summed E-state index contributed by atoms with van der Waals surface area (Å²) in [4.78, 5) is 5.06. The summed E-state index contributed by atoms with van der Waals surface area (Å²) in [7, 11) is 0. The van der Waals surface area contributed by atoms with Crippen molar-refractivity contribution in [3.05, 3.63) is 36.4 Å². The van der Waals surface area contributed by atoms with Gasteiger partial charge in [0.25, 0.3) is 0 Å². The van der Waals surface area contributed by atoms with Crippen LogP contribution < -0.4 is 9.47 Å². The maximum absolute atomic E-state index is 6.12. The Hall–Kier alpha value is -2.24. The lowest BCUT2D eigenvalue weighted by molar-refractivity contribution is 0.234. The molecular formula is C30H46N2O3. The van der Waals surface area contributed by atoms with Crippen molar-refractivity contribution < 1.29 is 13.9 Å². The molecule has 35 heavy (non-hydrogen) atoms. The van der Waals surface area contributed by atoms with E-state index in [1.807, 2.05) is 18.2 Å². The van der Waals surface area contributed by atoms with E-state index in [-0.39, 0.29) is 0 Å². The number of benzene rings is 2. The summed E-state index contributed by atoms with van der Waals surface area (Å²) in [5.41, 5.74) is 1.75. The highest BCUT2D eigenvalue weighted by atomic mass is 16.5. The zero-order valence-electron chi connectivity index (χ0n) is 22.5. The van der Waals surface area contributed by atoms with Gasteiger partial charge in [0, 0.05) is 29.9 Å². The Labute approximate surface area is 212 Å². The first-order valence-corrected chi connectivity index (χ1v) is 13.8. The summed E-state index contributed by atoms with van der Waals surface area (Å²) in [6.45, 7) is 17.3. The van der Waals surface area contributed by atoms with Crippen molar-refractivity contribution in [3.63, 3.8) is 0 Å². The Morgan fingerprint density at radius 1 is 0.571 bits per heavy atom. The van der Waals surface area contributed by atoms with Gasteiger partial charge in [0.2, 0.25) is 0 Å². The van der Waals surface area contributed by atoms with Gasteiger partial charge in [-0.1, -0.05) is 27.7 Å². The van der Waals surface area contributed by atoms with Crippen LogP contribution in [0.5, 0.6) is 11.5 Å². The van der Waals surface area contributed by atoms with Gasteiger partial charge in [-0.3, -0.25) is 0 Å². The van der Waals surface area contributed by atoms with Crippen molar-refractivity contribution in [2.24, 2.45) is 0 Å². The fourth-order valence-corrected chi connectivity index (χ4v) is 4.81. The molecule has 0 N–H and O–H groups in total.